The van der Waals surface area contributed by atoms with Gasteiger partial charge in [-0.1, -0.05) is 65.9 Å². The van der Waals surface area contributed by atoms with Crippen LogP contribution < -0.4 is 5.32 Å². The third-order valence-corrected chi connectivity index (χ3v) is 5.81. The molecule has 0 atom stereocenters. The summed E-state index contributed by atoms with van der Waals surface area (Å²) >= 11 is 1.55. The van der Waals surface area contributed by atoms with E-state index in [0.29, 0.717) is 12.2 Å². The van der Waals surface area contributed by atoms with Gasteiger partial charge in [0.25, 0.3) is 0 Å². The van der Waals surface area contributed by atoms with Gasteiger partial charge in [-0.05, 0) is 35.4 Å². The molecule has 0 bridgehead atoms. The minimum atomic E-state index is -0.0800. The molecular weight excluding hydrogens is 380 g/mol. The highest BCUT2D eigenvalue weighted by Gasteiger charge is 2.15. The first-order valence-corrected chi connectivity index (χ1v) is 10.2. The Labute approximate surface area is 171 Å². The number of thiazole rings is 1. The van der Waals surface area contributed by atoms with Crippen molar-refractivity contribution in [3.63, 3.8) is 0 Å². The van der Waals surface area contributed by atoms with Gasteiger partial charge in [0.2, 0.25) is 11.0 Å². The lowest BCUT2D eigenvalue weighted by atomic mass is 10.0. The maximum absolute atomic E-state index is 12.8. The van der Waals surface area contributed by atoms with Crippen LogP contribution in [0.25, 0.3) is 26.1 Å². The fraction of sp³-hybridized carbons (Fsp3) is 0.0870. The van der Waals surface area contributed by atoms with E-state index in [1.165, 1.54) is 0 Å². The van der Waals surface area contributed by atoms with Gasteiger partial charge in [-0.2, -0.15) is 9.78 Å². The lowest BCUT2D eigenvalue weighted by Crippen LogP contribution is -2.17. The summed E-state index contributed by atoms with van der Waals surface area (Å²) in [5.74, 6) is 0.551. The van der Waals surface area contributed by atoms with E-state index in [1.807, 2.05) is 67.6 Å². The smallest absolute Gasteiger partial charge is 0.229 e. The predicted molar refractivity (Wildman–Crippen MR) is 118 cm³/mol. The van der Waals surface area contributed by atoms with E-state index in [1.54, 1.807) is 16.0 Å². The topological polar surface area (TPSA) is 59.8 Å². The van der Waals surface area contributed by atoms with Crippen LogP contribution in [0.15, 0.2) is 72.8 Å². The molecule has 1 N–H and O–H groups in total. The van der Waals surface area contributed by atoms with E-state index in [-0.39, 0.29) is 5.91 Å². The van der Waals surface area contributed by atoms with Crippen LogP contribution in [0, 0.1) is 6.92 Å². The predicted octanol–water partition coefficient (Wildman–Crippen LogP) is 5.12. The van der Waals surface area contributed by atoms with E-state index in [0.717, 1.165) is 37.4 Å². The lowest BCUT2D eigenvalue weighted by molar-refractivity contribution is -0.115. The van der Waals surface area contributed by atoms with Crippen LogP contribution in [0.5, 0.6) is 0 Å². The number of nitrogens with zero attached hydrogens (tertiary/aromatic N) is 3. The van der Waals surface area contributed by atoms with Gasteiger partial charge in [-0.25, -0.2) is 4.98 Å². The number of hydrogen-bond acceptors (Lipinski definition) is 4. The maximum Gasteiger partial charge on any atom is 0.229 e. The number of aromatic nitrogens is 3. The molecular formula is C23H18N4OS. The molecule has 0 saturated heterocycles. The first-order valence-electron chi connectivity index (χ1n) is 9.36. The Morgan fingerprint density at radius 2 is 1.83 bits per heavy atom. The molecule has 29 heavy (non-hydrogen) atoms. The van der Waals surface area contributed by atoms with Gasteiger partial charge in [0.1, 0.15) is 5.82 Å². The van der Waals surface area contributed by atoms with Gasteiger partial charge in [0, 0.05) is 6.07 Å². The highest BCUT2D eigenvalue weighted by molar-refractivity contribution is 7.20. The number of amides is 1. The summed E-state index contributed by atoms with van der Waals surface area (Å²) in [7, 11) is 0. The molecule has 3 aromatic carbocycles. The molecule has 0 radical (unpaired) electrons. The molecule has 0 spiro atoms. The van der Waals surface area contributed by atoms with Crippen molar-refractivity contribution < 1.29 is 4.79 Å². The Morgan fingerprint density at radius 1 is 1.03 bits per heavy atom. The molecule has 5 nitrogen and oxygen atoms in total. The molecule has 5 rings (SSSR count). The molecule has 0 aliphatic carbocycles. The monoisotopic (exact) mass is 398 g/mol. The first-order chi connectivity index (χ1) is 14.2. The number of para-hydroxylation sites is 1. The van der Waals surface area contributed by atoms with Crippen molar-refractivity contribution in [1.29, 1.82) is 0 Å². The van der Waals surface area contributed by atoms with Crippen molar-refractivity contribution in [3.05, 3.63) is 84.1 Å². The Balaban J connectivity index is 1.44. The molecule has 6 heteroatoms. The zero-order valence-corrected chi connectivity index (χ0v) is 16.6. The quantitative estimate of drug-likeness (QED) is 0.457. The lowest BCUT2D eigenvalue weighted by Gasteiger charge is -2.08. The van der Waals surface area contributed by atoms with Gasteiger partial charge in [0.15, 0.2) is 0 Å². The van der Waals surface area contributed by atoms with Gasteiger partial charge in [-0.15, -0.1) is 0 Å². The number of anilines is 1. The Hall–Kier alpha value is -3.51. The second-order valence-corrected chi connectivity index (χ2v) is 7.92. The Morgan fingerprint density at radius 3 is 2.72 bits per heavy atom. The molecule has 0 aliphatic rings. The largest absolute Gasteiger partial charge is 0.310 e. The van der Waals surface area contributed by atoms with Crippen molar-refractivity contribution >= 4 is 44.1 Å². The molecule has 2 aromatic heterocycles. The number of benzene rings is 3. The molecule has 0 unspecified atom stereocenters. The first kappa shape index (κ1) is 17.6. The Kier molecular flexibility index (Phi) is 4.33. The van der Waals surface area contributed by atoms with Crippen molar-refractivity contribution in [2.75, 3.05) is 5.32 Å². The van der Waals surface area contributed by atoms with E-state index in [2.05, 4.69) is 27.5 Å². The molecule has 0 aliphatic heterocycles. The van der Waals surface area contributed by atoms with E-state index >= 15 is 0 Å². The van der Waals surface area contributed by atoms with Gasteiger partial charge in [-0.3, -0.25) is 4.79 Å². The van der Waals surface area contributed by atoms with Crippen molar-refractivity contribution in [2.24, 2.45) is 0 Å². The fourth-order valence-corrected chi connectivity index (χ4v) is 4.42. The van der Waals surface area contributed by atoms with Crippen LogP contribution in [-0.4, -0.2) is 20.7 Å². The normalized spacial score (nSPS) is 11.2. The zero-order chi connectivity index (χ0) is 19.8. The average molecular weight is 398 g/mol. The molecule has 2 heterocycles. The number of rotatable bonds is 4. The SMILES string of the molecule is Cc1cc(NC(=O)Cc2cccc3ccccc23)n(-c2nc3ccccc3s2)n1. The summed E-state index contributed by atoms with van der Waals surface area (Å²) in [4.78, 5) is 17.5. The van der Waals surface area contributed by atoms with Gasteiger partial charge >= 0.3 is 0 Å². The summed E-state index contributed by atoms with van der Waals surface area (Å²) in [5.41, 5.74) is 2.75. The summed E-state index contributed by atoms with van der Waals surface area (Å²) < 4.78 is 2.80. The molecule has 0 saturated carbocycles. The highest BCUT2D eigenvalue weighted by Crippen LogP contribution is 2.27. The van der Waals surface area contributed by atoms with Crippen LogP contribution >= 0.6 is 11.3 Å². The van der Waals surface area contributed by atoms with Crippen molar-refractivity contribution in [1.82, 2.24) is 14.8 Å². The minimum Gasteiger partial charge on any atom is -0.310 e. The number of nitrogens with one attached hydrogen (secondary N) is 1. The van der Waals surface area contributed by atoms with E-state index in [4.69, 9.17) is 0 Å². The molecule has 5 aromatic rings. The van der Waals surface area contributed by atoms with Crippen LogP contribution in [0.3, 0.4) is 0 Å². The van der Waals surface area contributed by atoms with Gasteiger partial charge in [0.05, 0.1) is 22.3 Å². The number of carbonyl (C=O) groups excluding carboxylic acids is 1. The summed E-state index contributed by atoms with van der Waals surface area (Å²) in [6.45, 7) is 1.91. The number of hydrogen-bond donors (Lipinski definition) is 1. The zero-order valence-electron chi connectivity index (χ0n) is 15.8. The Bertz CT molecular complexity index is 1310. The van der Waals surface area contributed by atoms with Crippen molar-refractivity contribution in [2.45, 2.75) is 13.3 Å². The maximum atomic E-state index is 12.8. The third kappa shape index (κ3) is 3.39. The van der Waals surface area contributed by atoms with Crippen molar-refractivity contribution in [3.8, 4) is 5.13 Å². The van der Waals surface area contributed by atoms with Gasteiger partial charge < -0.3 is 5.32 Å². The van der Waals surface area contributed by atoms with E-state index < -0.39 is 0 Å². The minimum absolute atomic E-state index is 0.0800. The van der Waals surface area contributed by atoms with Crippen LogP contribution in [-0.2, 0) is 11.2 Å². The summed E-state index contributed by atoms with van der Waals surface area (Å²) in [6.07, 6.45) is 0.297. The summed E-state index contributed by atoms with van der Waals surface area (Å²) in [5, 5.41) is 10.5. The second-order valence-electron chi connectivity index (χ2n) is 6.91. The van der Waals surface area contributed by atoms with E-state index in [9.17, 15) is 4.79 Å². The summed E-state index contributed by atoms with van der Waals surface area (Å²) in [6, 6.07) is 24.0. The number of fused-ring (bicyclic) bond motifs is 2. The molecule has 1 amide bonds. The fourth-order valence-electron chi connectivity index (χ4n) is 3.49. The number of aryl methyl sites for hydroxylation is 1. The second kappa shape index (κ2) is 7.14. The van der Waals surface area contributed by atoms with Crippen LogP contribution in [0.1, 0.15) is 11.3 Å². The van der Waals surface area contributed by atoms with Crippen LogP contribution in [0.2, 0.25) is 0 Å². The highest BCUT2D eigenvalue weighted by atomic mass is 32.1. The standard InChI is InChI=1S/C23H18N4OS/c1-15-13-21(27(26-15)23-24-19-11-4-5-12-20(19)29-23)25-22(28)14-17-9-6-8-16-7-2-3-10-18(16)17/h2-13H,14H2,1H3,(H,25,28). The van der Waals surface area contributed by atoms with Crippen LogP contribution in [0.4, 0.5) is 5.82 Å². The third-order valence-electron chi connectivity index (χ3n) is 4.79. The molecule has 0 fully saturated rings. The average Bonchev–Trinajstić information content (AvgIpc) is 3.31. The molecule has 142 valence electrons. The number of carbonyl (C=O) groups is 1.